The molecule has 0 unspecified atom stereocenters. The van der Waals surface area contributed by atoms with Gasteiger partial charge in [-0.25, -0.2) is 10.4 Å². The fourth-order valence-electron chi connectivity index (χ4n) is 3.17. The van der Waals surface area contributed by atoms with Gasteiger partial charge in [0.2, 0.25) is 0 Å². The van der Waals surface area contributed by atoms with Crippen LogP contribution in [0.2, 0.25) is 0 Å². The van der Waals surface area contributed by atoms with Crippen molar-refractivity contribution in [2.75, 3.05) is 0 Å². The molecule has 1 amide bonds. The molecule has 0 bridgehead atoms. The normalized spacial score (nSPS) is 11.2. The molecule has 2 aromatic carbocycles. The van der Waals surface area contributed by atoms with E-state index >= 15 is 0 Å². The van der Waals surface area contributed by atoms with Gasteiger partial charge >= 0.3 is 0 Å². The molecule has 4 aromatic rings. The molecule has 0 fully saturated rings. The molecule has 8 nitrogen and oxygen atoms in total. The SMILES string of the molecule is O=C(NN=C/C=C/c1ccccc1[N+](=O)[O-])c1cc(-c2cccnc2)nc2ccccc12. The van der Waals surface area contributed by atoms with E-state index in [0.29, 0.717) is 27.7 Å². The molecule has 0 spiro atoms. The third-order valence-electron chi connectivity index (χ3n) is 4.65. The van der Waals surface area contributed by atoms with Gasteiger partial charge in [-0.15, -0.1) is 0 Å². The van der Waals surface area contributed by atoms with E-state index in [9.17, 15) is 14.9 Å². The standard InChI is InChI=1S/C24H17N5O3/c30-24(28-26-14-6-8-17-7-1-4-12-23(17)29(31)32)20-15-22(18-9-5-13-25-16-18)27-21-11-3-2-10-19(20)21/h1-16H,(H,28,30)/b8-6+,26-14?. The highest BCUT2D eigenvalue weighted by molar-refractivity contribution is 6.07. The summed E-state index contributed by atoms with van der Waals surface area (Å²) in [5, 5.41) is 15.7. The maximum atomic E-state index is 12.8. The predicted octanol–water partition coefficient (Wildman–Crippen LogP) is 4.63. The Balaban J connectivity index is 1.56. The van der Waals surface area contributed by atoms with Crippen LogP contribution in [0.25, 0.3) is 28.2 Å². The summed E-state index contributed by atoms with van der Waals surface area (Å²) in [6, 6.07) is 19.1. The summed E-state index contributed by atoms with van der Waals surface area (Å²) >= 11 is 0. The third kappa shape index (κ3) is 4.54. The van der Waals surface area contributed by atoms with E-state index in [2.05, 4.69) is 20.5 Å². The lowest BCUT2D eigenvalue weighted by Gasteiger charge is -2.08. The number of allylic oxidation sites excluding steroid dienone is 1. The van der Waals surface area contributed by atoms with E-state index < -0.39 is 10.8 Å². The van der Waals surface area contributed by atoms with Crippen LogP contribution in [-0.2, 0) is 0 Å². The molecule has 0 atom stereocenters. The van der Waals surface area contributed by atoms with Crippen LogP contribution in [0.4, 0.5) is 5.69 Å². The lowest BCUT2D eigenvalue weighted by molar-refractivity contribution is -0.385. The molecule has 8 heteroatoms. The van der Waals surface area contributed by atoms with Crippen LogP contribution in [0.3, 0.4) is 0 Å². The number of pyridine rings is 2. The van der Waals surface area contributed by atoms with E-state index in [4.69, 9.17) is 0 Å². The number of nitro benzene ring substituents is 1. The molecular formula is C24H17N5O3. The van der Waals surface area contributed by atoms with Crippen molar-refractivity contribution < 1.29 is 9.72 Å². The topological polar surface area (TPSA) is 110 Å². The number of amides is 1. The van der Waals surface area contributed by atoms with Crippen LogP contribution in [0.5, 0.6) is 0 Å². The van der Waals surface area contributed by atoms with Crippen LogP contribution in [-0.4, -0.2) is 27.0 Å². The first kappa shape index (κ1) is 20.5. The number of hydrogen-bond donors (Lipinski definition) is 1. The largest absolute Gasteiger partial charge is 0.276 e. The summed E-state index contributed by atoms with van der Waals surface area (Å²) in [5.74, 6) is -0.399. The van der Waals surface area contributed by atoms with Crippen molar-refractivity contribution in [2.24, 2.45) is 5.10 Å². The molecule has 0 saturated heterocycles. The number of hydrogen-bond acceptors (Lipinski definition) is 6. The summed E-state index contributed by atoms with van der Waals surface area (Å²) in [7, 11) is 0. The molecule has 4 rings (SSSR count). The second-order valence-corrected chi connectivity index (χ2v) is 6.71. The average molecular weight is 423 g/mol. The average Bonchev–Trinajstić information content (AvgIpc) is 2.83. The van der Waals surface area contributed by atoms with Crippen molar-refractivity contribution in [1.29, 1.82) is 0 Å². The second-order valence-electron chi connectivity index (χ2n) is 6.71. The lowest BCUT2D eigenvalue weighted by Crippen LogP contribution is -2.18. The molecule has 0 radical (unpaired) electrons. The van der Waals surface area contributed by atoms with Gasteiger partial charge < -0.3 is 0 Å². The van der Waals surface area contributed by atoms with Crippen molar-refractivity contribution in [2.45, 2.75) is 0 Å². The molecule has 32 heavy (non-hydrogen) atoms. The highest BCUT2D eigenvalue weighted by Crippen LogP contribution is 2.24. The number of nitro groups is 1. The van der Waals surface area contributed by atoms with Gasteiger partial charge in [-0.2, -0.15) is 5.10 Å². The summed E-state index contributed by atoms with van der Waals surface area (Å²) in [6.45, 7) is 0. The molecule has 0 aliphatic heterocycles. The van der Waals surface area contributed by atoms with Crippen molar-refractivity contribution in [3.05, 3.63) is 106 Å². The van der Waals surface area contributed by atoms with Crippen molar-refractivity contribution in [3.63, 3.8) is 0 Å². The first-order valence-corrected chi connectivity index (χ1v) is 9.67. The number of fused-ring (bicyclic) bond motifs is 1. The smallest absolute Gasteiger partial charge is 0.267 e. The Labute approximate surface area is 183 Å². The maximum absolute atomic E-state index is 12.8. The minimum Gasteiger partial charge on any atom is -0.267 e. The second kappa shape index (κ2) is 9.40. The van der Waals surface area contributed by atoms with Crippen LogP contribution in [0.15, 0.2) is 90.3 Å². The van der Waals surface area contributed by atoms with Gasteiger partial charge in [-0.05, 0) is 42.5 Å². The lowest BCUT2D eigenvalue weighted by atomic mass is 10.0. The zero-order valence-corrected chi connectivity index (χ0v) is 16.8. The van der Waals surface area contributed by atoms with Crippen LogP contribution in [0.1, 0.15) is 15.9 Å². The van der Waals surface area contributed by atoms with Gasteiger partial charge in [0.1, 0.15) is 0 Å². The van der Waals surface area contributed by atoms with Crippen LogP contribution in [0, 0.1) is 10.1 Å². The van der Waals surface area contributed by atoms with Crippen molar-refractivity contribution >= 4 is 34.8 Å². The first-order chi connectivity index (χ1) is 15.6. The summed E-state index contributed by atoms with van der Waals surface area (Å²) in [6.07, 6.45) is 7.79. The van der Waals surface area contributed by atoms with E-state index in [0.717, 1.165) is 5.56 Å². The Morgan fingerprint density at radius 1 is 1.06 bits per heavy atom. The zero-order chi connectivity index (χ0) is 22.3. The Morgan fingerprint density at radius 3 is 2.69 bits per heavy atom. The minimum atomic E-state index is -0.451. The Bertz CT molecular complexity index is 1350. The quantitative estimate of drug-likeness (QED) is 0.276. The molecule has 156 valence electrons. The number of aromatic nitrogens is 2. The van der Waals surface area contributed by atoms with Gasteiger partial charge in [0, 0.05) is 35.6 Å². The molecular weight excluding hydrogens is 406 g/mol. The number of carbonyl (C=O) groups is 1. The number of benzene rings is 2. The van der Waals surface area contributed by atoms with E-state index in [-0.39, 0.29) is 5.69 Å². The van der Waals surface area contributed by atoms with Gasteiger partial charge in [0.15, 0.2) is 0 Å². The molecule has 2 heterocycles. The summed E-state index contributed by atoms with van der Waals surface area (Å²) in [5.41, 5.74) is 5.46. The summed E-state index contributed by atoms with van der Waals surface area (Å²) in [4.78, 5) is 32.2. The van der Waals surface area contributed by atoms with E-state index in [1.54, 1.807) is 48.8 Å². The van der Waals surface area contributed by atoms with E-state index in [1.807, 2.05) is 30.3 Å². The summed E-state index contributed by atoms with van der Waals surface area (Å²) < 4.78 is 0. The number of hydrazone groups is 1. The van der Waals surface area contributed by atoms with Crippen molar-refractivity contribution in [1.82, 2.24) is 15.4 Å². The zero-order valence-electron chi connectivity index (χ0n) is 16.8. The number of rotatable bonds is 6. The van der Waals surface area contributed by atoms with Crippen molar-refractivity contribution in [3.8, 4) is 11.3 Å². The number of para-hydroxylation sites is 2. The van der Waals surface area contributed by atoms with E-state index in [1.165, 1.54) is 18.4 Å². The molecule has 2 aromatic heterocycles. The van der Waals surface area contributed by atoms with Gasteiger partial charge in [0.05, 0.1) is 27.3 Å². The molecule has 0 aliphatic carbocycles. The first-order valence-electron chi connectivity index (χ1n) is 9.67. The number of nitrogens with zero attached hydrogens (tertiary/aromatic N) is 4. The third-order valence-corrected chi connectivity index (χ3v) is 4.65. The molecule has 0 aliphatic rings. The Morgan fingerprint density at radius 2 is 1.88 bits per heavy atom. The maximum Gasteiger partial charge on any atom is 0.276 e. The number of nitrogens with one attached hydrogen (secondary N) is 1. The Hall–Kier alpha value is -4.72. The molecule has 0 saturated carbocycles. The van der Waals surface area contributed by atoms with Gasteiger partial charge in [0.25, 0.3) is 11.6 Å². The fraction of sp³-hybridized carbons (Fsp3) is 0. The Kier molecular flexibility index (Phi) is 6.03. The highest BCUT2D eigenvalue weighted by Gasteiger charge is 2.13. The monoisotopic (exact) mass is 423 g/mol. The molecule has 1 N–H and O–H groups in total. The van der Waals surface area contributed by atoms with Crippen LogP contribution < -0.4 is 5.43 Å². The van der Waals surface area contributed by atoms with Crippen LogP contribution >= 0.6 is 0 Å². The van der Waals surface area contributed by atoms with Gasteiger partial charge in [-0.3, -0.25) is 19.9 Å². The minimum absolute atomic E-state index is 0.00706. The number of carbonyl (C=O) groups excluding carboxylic acids is 1. The van der Waals surface area contributed by atoms with Gasteiger partial charge in [-0.1, -0.05) is 30.3 Å². The predicted molar refractivity (Wildman–Crippen MR) is 123 cm³/mol. The fourth-order valence-corrected chi connectivity index (χ4v) is 3.17. The highest BCUT2D eigenvalue weighted by atomic mass is 16.6.